The van der Waals surface area contributed by atoms with Crippen LogP contribution >= 0.6 is 0 Å². The van der Waals surface area contributed by atoms with Gasteiger partial charge in [0, 0.05) is 24.6 Å². The number of carbonyl (C=O) groups excluding carboxylic acids is 1. The molecule has 0 atom stereocenters. The number of non-ortho nitro benzene ring substituents is 1. The Morgan fingerprint density at radius 2 is 2.06 bits per heavy atom. The van der Waals surface area contributed by atoms with Crippen LogP contribution < -0.4 is 5.32 Å². The predicted molar refractivity (Wildman–Crippen MR) is 69.3 cm³/mol. The molecule has 0 aliphatic heterocycles. The molecule has 0 spiro atoms. The number of rotatable bonds is 2. The lowest BCUT2D eigenvalue weighted by Crippen LogP contribution is -2.10. The highest BCUT2D eigenvalue weighted by atomic mass is 32.2. The molecule has 1 aromatic rings. The molecule has 18 heavy (non-hydrogen) atoms. The molecule has 0 saturated heterocycles. The number of hydrogen-bond acceptors (Lipinski definition) is 4. The van der Waals surface area contributed by atoms with E-state index in [4.69, 9.17) is 0 Å². The highest BCUT2D eigenvalue weighted by Gasteiger charge is 2.11. The van der Waals surface area contributed by atoms with Crippen molar-refractivity contribution in [2.24, 2.45) is 4.36 Å². The van der Waals surface area contributed by atoms with E-state index in [1.54, 1.807) is 6.92 Å². The molecular formula is C10H13N3O4S. The van der Waals surface area contributed by atoms with Crippen molar-refractivity contribution in [2.75, 3.05) is 17.8 Å². The van der Waals surface area contributed by atoms with Crippen molar-refractivity contribution in [3.8, 4) is 0 Å². The number of aryl methyl sites for hydroxylation is 1. The summed E-state index contributed by atoms with van der Waals surface area (Å²) in [5.74, 6) is 0. The van der Waals surface area contributed by atoms with Crippen LogP contribution in [0.2, 0.25) is 0 Å². The summed E-state index contributed by atoms with van der Waals surface area (Å²) < 4.78 is 14.7. The fourth-order valence-electron chi connectivity index (χ4n) is 1.20. The molecule has 0 saturated carbocycles. The Bertz CT molecular complexity index is 610. The van der Waals surface area contributed by atoms with Gasteiger partial charge in [0.05, 0.1) is 20.3 Å². The van der Waals surface area contributed by atoms with Crippen molar-refractivity contribution >= 4 is 27.1 Å². The summed E-state index contributed by atoms with van der Waals surface area (Å²) in [5.41, 5.74) is 0.800. The summed E-state index contributed by atoms with van der Waals surface area (Å²) in [6.45, 7) is 1.69. The van der Waals surface area contributed by atoms with Gasteiger partial charge in [-0.25, -0.2) is 9.00 Å². The minimum Gasteiger partial charge on any atom is -0.305 e. The normalized spacial score (nSPS) is 10.8. The molecule has 0 aliphatic rings. The van der Waals surface area contributed by atoms with Crippen molar-refractivity contribution in [3.63, 3.8) is 0 Å². The standard InChI is InChI=1S/C10H13N3O4S/c1-7-4-5-8(13(15)16)6-9(7)11-10(14)12-18(2,3)17/h4-6H,1-3H3,(H,11,14). The predicted octanol–water partition coefficient (Wildman–Crippen LogP) is 2.16. The Morgan fingerprint density at radius 1 is 1.44 bits per heavy atom. The number of anilines is 1. The second-order valence-electron chi connectivity index (χ2n) is 3.96. The molecule has 0 unspecified atom stereocenters. The first-order chi connectivity index (χ1) is 8.19. The summed E-state index contributed by atoms with van der Waals surface area (Å²) in [6.07, 6.45) is 2.65. The number of nitrogens with zero attached hydrogens (tertiary/aromatic N) is 2. The van der Waals surface area contributed by atoms with Gasteiger partial charge >= 0.3 is 6.03 Å². The Labute approximate surface area is 105 Å². The maximum absolute atomic E-state index is 11.4. The zero-order chi connectivity index (χ0) is 13.9. The second-order valence-corrected chi connectivity index (χ2v) is 6.50. The van der Waals surface area contributed by atoms with Crippen LogP contribution in [0.25, 0.3) is 0 Å². The number of urea groups is 1. The third kappa shape index (κ3) is 4.13. The van der Waals surface area contributed by atoms with Crippen molar-refractivity contribution in [2.45, 2.75) is 6.92 Å². The third-order valence-corrected chi connectivity index (χ3v) is 2.58. The van der Waals surface area contributed by atoms with Gasteiger partial charge in [-0.15, -0.1) is 4.36 Å². The lowest BCUT2D eigenvalue weighted by Gasteiger charge is -2.05. The van der Waals surface area contributed by atoms with Crippen LogP contribution in [0.3, 0.4) is 0 Å². The summed E-state index contributed by atoms with van der Waals surface area (Å²) >= 11 is 0. The van der Waals surface area contributed by atoms with Gasteiger partial charge in [-0.05, 0) is 12.5 Å². The van der Waals surface area contributed by atoms with Crippen LogP contribution in [0, 0.1) is 17.0 Å². The molecule has 1 aromatic carbocycles. The van der Waals surface area contributed by atoms with Crippen LogP contribution in [0.1, 0.15) is 5.56 Å². The Kier molecular flexibility index (Phi) is 4.02. The quantitative estimate of drug-likeness (QED) is 0.657. The lowest BCUT2D eigenvalue weighted by molar-refractivity contribution is -0.384. The number of carbonyl (C=O) groups is 1. The molecule has 0 fully saturated rings. The van der Waals surface area contributed by atoms with Crippen molar-refractivity contribution < 1.29 is 13.9 Å². The number of nitro groups is 1. The van der Waals surface area contributed by atoms with Gasteiger partial charge in [0.2, 0.25) is 0 Å². The first-order valence-corrected chi connectivity index (χ1v) is 7.25. The zero-order valence-corrected chi connectivity index (χ0v) is 11.0. The van der Waals surface area contributed by atoms with Crippen LogP contribution in [0.5, 0.6) is 0 Å². The molecule has 7 nitrogen and oxygen atoms in total. The summed E-state index contributed by atoms with van der Waals surface area (Å²) in [4.78, 5) is 21.5. The molecule has 1 rings (SSSR count). The maximum Gasteiger partial charge on any atom is 0.353 e. The molecule has 98 valence electrons. The Balaban J connectivity index is 3.05. The fourth-order valence-corrected chi connectivity index (χ4v) is 1.64. The largest absolute Gasteiger partial charge is 0.353 e. The molecule has 1 N–H and O–H groups in total. The highest BCUT2D eigenvalue weighted by molar-refractivity contribution is 7.92. The molecule has 2 amide bonds. The van der Waals surface area contributed by atoms with Crippen molar-refractivity contribution in [1.82, 2.24) is 0 Å². The molecule has 0 aromatic heterocycles. The van der Waals surface area contributed by atoms with E-state index in [9.17, 15) is 19.1 Å². The van der Waals surface area contributed by atoms with Crippen LogP contribution in [-0.4, -0.2) is 27.7 Å². The van der Waals surface area contributed by atoms with Crippen LogP contribution in [0.15, 0.2) is 22.6 Å². The molecule has 8 heteroatoms. The van der Waals surface area contributed by atoms with E-state index in [0.29, 0.717) is 5.56 Å². The molecule has 0 radical (unpaired) electrons. The Morgan fingerprint density at radius 3 is 2.56 bits per heavy atom. The van der Waals surface area contributed by atoms with E-state index in [1.807, 2.05) is 0 Å². The van der Waals surface area contributed by atoms with Crippen molar-refractivity contribution in [3.05, 3.63) is 33.9 Å². The van der Waals surface area contributed by atoms with Gasteiger partial charge in [-0.1, -0.05) is 6.07 Å². The van der Waals surface area contributed by atoms with Gasteiger partial charge < -0.3 is 5.32 Å². The molecule has 0 aliphatic carbocycles. The SMILES string of the molecule is Cc1ccc([N+](=O)[O-])cc1NC(=O)N=S(C)(C)=O. The van der Waals surface area contributed by atoms with E-state index >= 15 is 0 Å². The van der Waals surface area contributed by atoms with Crippen LogP contribution in [-0.2, 0) is 9.73 Å². The van der Waals surface area contributed by atoms with Gasteiger partial charge in [0.1, 0.15) is 0 Å². The summed E-state index contributed by atoms with van der Waals surface area (Å²) in [6, 6.07) is 3.30. The monoisotopic (exact) mass is 271 g/mol. The first kappa shape index (κ1) is 14.1. The lowest BCUT2D eigenvalue weighted by atomic mass is 10.2. The highest BCUT2D eigenvalue weighted by Crippen LogP contribution is 2.21. The Hall–Kier alpha value is -1.96. The van der Waals surface area contributed by atoms with Gasteiger partial charge in [-0.3, -0.25) is 10.1 Å². The third-order valence-electron chi connectivity index (χ3n) is 1.98. The number of amides is 2. The van der Waals surface area contributed by atoms with E-state index < -0.39 is 20.7 Å². The molecule has 0 heterocycles. The summed E-state index contributed by atoms with van der Waals surface area (Å²) in [5, 5.41) is 13.0. The van der Waals surface area contributed by atoms with Gasteiger partial charge in [0.25, 0.3) is 5.69 Å². The topological polar surface area (TPSA) is 102 Å². The summed E-state index contributed by atoms with van der Waals surface area (Å²) in [7, 11) is -2.55. The average Bonchev–Trinajstić information content (AvgIpc) is 2.18. The number of nitro benzene ring substituents is 1. The van der Waals surface area contributed by atoms with E-state index in [-0.39, 0.29) is 11.4 Å². The van der Waals surface area contributed by atoms with E-state index in [1.165, 1.54) is 30.7 Å². The minimum absolute atomic E-state index is 0.135. The smallest absolute Gasteiger partial charge is 0.305 e. The zero-order valence-electron chi connectivity index (χ0n) is 10.2. The molecule has 0 bridgehead atoms. The van der Waals surface area contributed by atoms with E-state index in [2.05, 4.69) is 9.68 Å². The maximum atomic E-state index is 11.4. The average molecular weight is 271 g/mol. The van der Waals surface area contributed by atoms with Crippen molar-refractivity contribution in [1.29, 1.82) is 0 Å². The van der Waals surface area contributed by atoms with E-state index in [0.717, 1.165) is 0 Å². The molecular weight excluding hydrogens is 258 g/mol. The fraction of sp³-hybridized carbons (Fsp3) is 0.300. The van der Waals surface area contributed by atoms with Crippen LogP contribution in [0.4, 0.5) is 16.2 Å². The number of benzene rings is 1. The van der Waals surface area contributed by atoms with Gasteiger partial charge in [0.15, 0.2) is 0 Å². The minimum atomic E-state index is -2.55. The number of hydrogen-bond donors (Lipinski definition) is 1. The van der Waals surface area contributed by atoms with Gasteiger partial charge in [-0.2, -0.15) is 0 Å². The number of nitrogens with one attached hydrogen (secondary N) is 1. The first-order valence-electron chi connectivity index (χ1n) is 4.92. The second kappa shape index (κ2) is 5.13.